The summed E-state index contributed by atoms with van der Waals surface area (Å²) in [5.41, 5.74) is 10.9. The zero-order valence-electron chi connectivity index (χ0n) is 56.1. The quantitative estimate of drug-likeness (QED) is 0.0265. The van der Waals surface area contributed by atoms with Crippen molar-refractivity contribution >= 4 is 101 Å². The van der Waals surface area contributed by atoms with E-state index in [2.05, 4.69) is 40.1 Å². The van der Waals surface area contributed by atoms with E-state index >= 15 is 0 Å². The summed E-state index contributed by atoms with van der Waals surface area (Å²) in [5, 5.41) is 25.5. The van der Waals surface area contributed by atoms with Crippen molar-refractivity contribution in [1.82, 2.24) is 10.6 Å². The summed E-state index contributed by atoms with van der Waals surface area (Å²) in [4.78, 5) is 50.8. The fourth-order valence-electron chi connectivity index (χ4n) is 9.09. The van der Waals surface area contributed by atoms with Crippen LogP contribution in [0.2, 0.25) is 5.02 Å². The third-order valence-electron chi connectivity index (χ3n) is 13.2. The number of nitrogens with two attached hydrogens (primary N) is 1. The summed E-state index contributed by atoms with van der Waals surface area (Å²) >= 11 is 11.3. The number of carbonyl (C=O) groups is 4. The van der Waals surface area contributed by atoms with Crippen molar-refractivity contribution in [1.29, 1.82) is 0 Å². The summed E-state index contributed by atoms with van der Waals surface area (Å²) < 4.78 is 57.6. The molecule has 0 aliphatic rings. The number of thiophene rings is 2. The number of phenols is 2. The van der Waals surface area contributed by atoms with E-state index in [1.54, 1.807) is 66.2 Å². The number of rotatable bonds is 16. The number of ether oxygens (including phenoxy) is 5. The number of hydrogen-bond donors (Lipinski definition) is 5. The van der Waals surface area contributed by atoms with Gasteiger partial charge in [-0.25, -0.2) is 18.4 Å². The molecule has 0 unspecified atom stereocenters. The van der Waals surface area contributed by atoms with Gasteiger partial charge in [0.25, 0.3) is 0 Å². The Kier molecular flexibility index (Phi) is 31.5. The zero-order chi connectivity index (χ0) is 68.0. The SMILES string of the molecule is CC(C)(C)OC(=O)NCCc1ccc(O)cc1.CCI.COc1ccc2c(Cl)c(C(=O)c3c(C)cc(F)cc3C)sc2c1.COc1ccc2c(Oc3ccc(CCNC(=O)OC(C)(C)C)cc3)c(C(=O)c3c(C)cc(F)cc3C)sc2c1.NCCc1ccc(O)cc1.[H-].[Na+]. The van der Waals surface area contributed by atoms with Crippen LogP contribution in [0.15, 0.2) is 133 Å². The molecule has 0 fully saturated rings. The molecule has 0 aliphatic heterocycles. The van der Waals surface area contributed by atoms with E-state index in [-0.39, 0.29) is 59.9 Å². The van der Waals surface area contributed by atoms with Gasteiger partial charge in [0.2, 0.25) is 11.6 Å². The number of carbonyl (C=O) groups excluding carboxylic acids is 4. The smallest absolute Gasteiger partial charge is 1.00 e. The van der Waals surface area contributed by atoms with Gasteiger partial charge in [-0.15, -0.1) is 22.7 Å². The van der Waals surface area contributed by atoms with Crippen LogP contribution in [0.5, 0.6) is 34.5 Å². The Morgan fingerprint density at radius 2 is 0.903 bits per heavy atom. The maximum absolute atomic E-state index is 13.9. The van der Waals surface area contributed by atoms with E-state index in [0.29, 0.717) is 109 Å². The molecular weight excluding hydrogens is 1370 g/mol. The van der Waals surface area contributed by atoms with Crippen LogP contribution < -0.4 is 60.1 Å². The van der Waals surface area contributed by atoms with E-state index in [4.69, 9.17) is 51.2 Å². The first-order valence-electron chi connectivity index (χ1n) is 29.5. The van der Waals surface area contributed by atoms with Gasteiger partial charge in [0, 0.05) is 44.4 Å². The number of fused-ring (bicyclic) bond motifs is 2. The molecule has 0 saturated heterocycles. The van der Waals surface area contributed by atoms with Gasteiger partial charge in [-0.3, -0.25) is 9.59 Å². The number of benzene rings is 7. The first-order chi connectivity index (χ1) is 43.5. The molecule has 93 heavy (non-hydrogen) atoms. The summed E-state index contributed by atoms with van der Waals surface area (Å²) in [5.74, 6) is 1.84. The molecule has 0 spiro atoms. The van der Waals surface area contributed by atoms with Crippen molar-refractivity contribution in [3.8, 4) is 34.5 Å². The normalized spacial score (nSPS) is 10.7. The fourth-order valence-corrected chi connectivity index (χ4v) is 11.7. The number of aryl methyl sites for hydroxylation is 4. The predicted molar refractivity (Wildman–Crippen MR) is 377 cm³/mol. The minimum atomic E-state index is -0.547. The molecule has 6 N–H and O–H groups in total. The Labute approximate surface area is 594 Å². The summed E-state index contributed by atoms with van der Waals surface area (Å²) in [6.07, 6.45) is 1.34. The molecule has 2 aromatic heterocycles. The molecule has 21 heteroatoms. The molecule has 492 valence electrons. The van der Waals surface area contributed by atoms with Gasteiger partial charge < -0.3 is 51.7 Å². The molecule has 2 heterocycles. The van der Waals surface area contributed by atoms with Crippen LogP contribution >= 0.6 is 56.9 Å². The molecular formula is C72H82ClF2IN3NaO11S2. The zero-order valence-corrected chi connectivity index (χ0v) is 61.7. The van der Waals surface area contributed by atoms with Crippen molar-refractivity contribution in [3.05, 3.63) is 210 Å². The van der Waals surface area contributed by atoms with Crippen molar-refractivity contribution in [3.63, 3.8) is 0 Å². The van der Waals surface area contributed by atoms with Crippen LogP contribution in [0.3, 0.4) is 0 Å². The molecule has 7 aromatic carbocycles. The summed E-state index contributed by atoms with van der Waals surface area (Å²) in [7, 11) is 3.18. The largest absolute Gasteiger partial charge is 1.00 e. The van der Waals surface area contributed by atoms with E-state index in [0.717, 1.165) is 37.7 Å². The summed E-state index contributed by atoms with van der Waals surface area (Å²) in [6.45, 7) is 21.6. The van der Waals surface area contributed by atoms with Crippen molar-refractivity contribution in [2.45, 2.75) is 107 Å². The maximum atomic E-state index is 13.9. The van der Waals surface area contributed by atoms with E-state index < -0.39 is 23.4 Å². The summed E-state index contributed by atoms with van der Waals surface area (Å²) in [6, 6.07) is 38.0. The third-order valence-corrected chi connectivity index (χ3v) is 16.0. The Morgan fingerprint density at radius 3 is 1.29 bits per heavy atom. The fraction of sp³-hybridized carbons (Fsp3) is 0.306. The Morgan fingerprint density at radius 1 is 0.559 bits per heavy atom. The second kappa shape index (κ2) is 37.3. The van der Waals surface area contributed by atoms with E-state index in [9.17, 15) is 28.0 Å². The van der Waals surface area contributed by atoms with Gasteiger partial charge in [-0.1, -0.05) is 77.5 Å². The number of ketones is 2. The second-order valence-corrected chi connectivity index (χ2v) is 27.0. The number of phenolic OH excluding ortho intramolecular Hbond substituents is 2. The Hall–Kier alpha value is -6.82. The minimum Gasteiger partial charge on any atom is -1.00 e. The van der Waals surface area contributed by atoms with Crippen molar-refractivity contribution in [2.24, 2.45) is 5.73 Å². The number of aromatic hydroxyl groups is 2. The molecule has 9 aromatic rings. The average Bonchev–Trinajstić information content (AvgIpc) is 1.91. The van der Waals surface area contributed by atoms with Gasteiger partial charge in [0.05, 0.1) is 24.1 Å². The second-order valence-electron chi connectivity index (χ2n) is 23.0. The van der Waals surface area contributed by atoms with E-state index in [1.165, 1.54) is 56.9 Å². The number of hydrogen-bond acceptors (Lipinski definition) is 14. The number of alkyl carbamates (subject to hydrolysis) is 2. The topological polar surface area (TPSA) is 205 Å². The first-order valence-corrected chi connectivity index (χ1v) is 33.0. The molecule has 0 aliphatic carbocycles. The van der Waals surface area contributed by atoms with Crippen molar-refractivity contribution < 1.29 is 92.8 Å². The van der Waals surface area contributed by atoms with Crippen LogP contribution in [0, 0.1) is 39.3 Å². The Bertz CT molecular complexity index is 3910. The van der Waals surface area contributed by atoms with E-state index in [1.807, 2.05) is 126 Å². The van der Waals surface area contributed by atoms with Gasteiger partial charge in [0.15, 0.2) is 5.75 Å². The number of alkyl halides is 1. The van der Waals surface area contributed by atoms with Crippen LogP contribution in [-0.4, -0.2) is 83.4 Å². The number of methoxy groups -OCH3 is 2. The minimum absolute atomic E-state index is 0. The third kappa shape index (κ3) is 24.8. The number of nitrogens with one attached hydrogen (secondary N) is 2. The average molecular weight is 1450 g/mol. The van der Waals surface area contributed by atoms with Gasteiger partial charge >= 0.3 is 41.7 Å². The molecule has 2 amide bonds. The van der Waals surface area contributed by atoms with Crippen LogP contribution in [0.25, 0.3) is 20.2 Å². The van der Waals surface area contributed by atoms with Crippen LogP contribution in [0.1, 0.15) is 119 Å². The monoisotopic (exact) mass is 1450 g/mol. The van der Waals surface area contributed by atoms with Crippen LogP contribution in [0.4, 0.5) is 18.4 Å². The molecule has 0 radical (unpaired) electrons. The molecule has 14 nitrogen and oxygen atoms in total. The molecule has 0 atom stereocenters. The molecule has 0 bridgehead atoms. The van der Waals surface area contributed by atoms with Gasteiger partial charge in [0.1, 0.15) is 56.5 Å². The van der Waals surface area contributed by atoms with Crippen LogP contribution in [-0.2, 0) is 28.7 Å². The predicted octanol–water partition coefficient (Wildman–Crippen LogP) is 15.2. The number of halogens is 4. The maximum Gasteiger partial charge on any atom is 1.00 e. The van der Waals surface area contributed by atoms with Crippen molar-refractivity contribution in [2.75, 3.05) is 38.3 Å². The Balaban J connectivity index is 0.000000355. The molecule has 0 saturated carbocycles. The molecule has 9 rings (SSSR count). The first kappa shape index (κ1) is 78.6. The number of amides is 2. The standard InChI is InChI=1S/C31H32FNO5S.C18H14ClFO2S.C13H19NO3.C8H11NO.C2H5I.Na.H/c1-18-15-21(32)16-19(2)26(18)27(34)29-28(24-12-11-23(36-6)17-25(24)39-29)37-22-9-7-20(8-10-22)13-14-33-30(35)38-31(3,4)5;1-9-6-11(20)7-10(2)15(9)17(21)18-16(19)13-5-4-12(22-3)8-14(13)23-18;1-13(2,3)17-12(16)14-9-8-10-4-6-11(15)7-5-10;9-6-5-7-1-3-8(10)4-2-7;1-2-3;;/h7-12,15-17H,13-14H2,1-6H3,(H,33,35);4-8H,1-3H3;4-7,15H,8-9H2,1-3H3,(H,14,16);1-4,10H,5-6,9H2;2H2,1H3;;/q;;;;;+1;-1. The van der Waals surface area contributed by atoms with Gasteiger partial charge in [-0.05, 0) is 235 Å². The van der Waals surface area contributed by atoms with Gasteiger partial charge in [-0.2, -0.15) is 0 Å².